The zero-order valence-corrected chi connectivity index (χ0v) is 12.1. The third-order valence-electron chi connectivity index (χ3n) is 3.55. The van der Waals surface area contributed by atoms with E-state index in [1.807, 2.05) is 4.68 Å². The van der Waals surface area contributed by atoms with Crippen LogP contribution in [-0.4, -0.2) is 37.6 Å². The molecule has 0 N–H and O–H groups in total. The zero-order valence-electron chi connectivity index (χ0n) is 10.5. The van der Waals surface area contributed by atoms with Crippen LogP contribution in [0.2, 0.25) is 0 Å². The van der Waals surface area contributed by atoms with Crippen molar-refractivity contribution in [2.24, 2.45) is 0 Å². The van der Waals surface area contributed by atoms with E-state index >= 15 is 0 Å². The molecule has 96 valence electrons. The predicted molar refractivity (Wildman–Crippen MR) is 72.2 cm³/mol. The van der Waals surface area contributed by atoms with Gasteiger partial charge < -0.3 is 0 Å². The van der Waals surface area contributed by atoms with Crippen LogP contribution in [0.3, 0.4) is 0 Å². The number of nitrogens with zero attached hydrogens (tertiary/aromatic N) is 4. The number of hydrogen-bond donors (Lipinski definition) is 0. The quantitative estimate of drug-likeness (QED) is 0.757. The van der Waals surface area contributed by atoms with Crippen LogP contribution < -0.4 is 0 Å². The van der Waals surface area contributed by atoms with Gasteiger partial charge in [0.25, 0.3) is 0 Å². The summed E-state index contributed by atoms with van der Waals surface area (Å²) in [6.07, 6.45) is 7.11. The Morgan fingerprint density at radius 3 is 2.88 bits per heavy atom. The fraction of sp³-hybridized carbons (Fsp3) is 0.833. The van der Waals surface area contributed by atoms with Gasteiger partial charge in [-0.05, 0) is 19.8 Å². The molecule has 0 atom stereocenters. The van der Waals surface area contributed by atoms with E-state index in [9.17, 15) is 0 Å². The molecule has 0 unspecified atom stereocenters. The van der Waals surface area contributed by atoms with E-state index in [1.54, 1.807) is 6.33 Å². The lowest BCUT2D eigenvalue weighted by Gasteiger charge is -2.27. The molecule has 1 aromatic rings. The molecule has 1 heterocycles. The second-order valence-corrected chi connectivity index (χ2v) is 5.38. The molecular weight excluding hydrogens is 280 g/mol. The Hall–Kier alpha value is -0.420. The maximum absolute atomic E-state index is 4.38. The first-order valence-corrected chi connectivity index (χ1v) is 7.64. The highest BCUT2D eigenvalue weighted by Gasteiger charge is 2.23. The Balaban J connectivity index is 2.01. The molecule has 0 spiro atoms. The average molecular weight is 301 g/mol. The summed E-state index contributed by atoms with van der Waals surface area (Å²) in [7, 11) is 0. The molecule has 1 aliphatic rings. The molecule has 1 aliphatic carbocycles. The Morgan fingerprint density at radius 1 is 1.47 bits per heavy atom. The van der Waals surface area contributed by atoms with E-state index in [4.69, 9.17) is 0 Å². The molecule has 0 aromatic carbocycles. The summed E-state index contributed by atoms with van der Waals surface area (Å²) in [6, 6.07) is 0.745. The Kier molecular flexibility index (Phi) is 4.98. The molecule has 1 saturated carbocycles. The number of aryl methyl sites for hydroxylation is 1. The van der Waals surface area contributed by atoms with Crippen LogP contribution in [0.4, 0.5) is 0 Å². The molecule has 1 fully saturated rings. The smallest absolute Gasteiger partial charge is 0.141 e. The number of alkyl halides is 1. The second-order valence-electron chi connectivity index (χ2n) is 4.59. The molecular formula is C12H21BrN4. The van der Waals surface area contributed by atoms with Gasteiger partial charge in [0.2, 0.25) is 0 Å². The van der Waals surface area contributed by atoms with Gasteiger partial charge >= 0.3 is 0 Å². The fourth-order valence-electron chi connectivity index (χ4n) is 2.63. The van der Waals surface area contributed by atoms with Gasteiger partial charge in [-0.2, -0.15) is 5.10 Å². The minimum atomic E-state index is 0.745. The van der Waals surface area contributed by atoms with Crippen molar-refractivity contribution in [3.8, 4) is 0 Å². The van der Waals surface area contributed by atoms with Crippen LogP contribution in [0.5, 0.6) is 0 Å². The Bertz CT molecular complexity index is 333. The van der Waals surface area contributed by atoms with Crippen LogP contribution in [0.25, 0.3) is 0 Å². The van der Waals surface area contributed by atoms with Gasteiger partial charge in [0, 0.05) is 24.5 Å². The van der Waals surface area contributed by atoms with Gasteiger partial charge in [-0.1, -0.05) is 28.8 Å². The van der Waals surface area contributed by atoms with Crippen molar-refractivity contribution in [3.63, 3.8) is 0 Å². The van der Waals surface area contributed by atoms with Crippen molar-refractivity contribution < 1.29 is 0 Å². The van der Waals surface area contributed by atoms with Crippen molar-refractivity contribution in [2.45, 2.75) is 51.7 Å². The van der Waals surface area contributed by atoms with Gasteiger partial charge in [-0.15, -0.1) is 0 Å². The normalized spacial score (nSPS) is 17.1. The van der Waals surface area contributed by atoms with E-state index < -0.39 is 0 Å². The lowest BCUT2D eigenvalue weighted by molar-refractivity contribution is 0.194. The molecule has 5 heteroatoms. The SMILES string of the molecule is CCn1ncnc1CN(CCBr)C1CCCC1. The van der Waals surface area contributed by atoms with Crippen LogP contribution in [-0.2, 0) is 13.1 Å². The van der Waals surface area contributed by atoms with E-state index in [2.05, 4.69) is 37.8 Å². The first kappa shape index (κ1) is 13.0. The number of aromatic nitrogens is 3. The first-order valence-electron chi connectivity index (χ1n) is 6.51. The number of halogens is 1. The zero-order chi connectivity index (χ0) is 12.1. The molecule has 0 saturated heterocycles. The summed E-state index contributed by atoms with van der Waals surface area (Å²) >= 11 is 3.55. The largest absolute Gasteiger partial charge is 0.292 e. The summed E-state index contributed by atoms with van der Waals surface area (Å²) in [5, 5.41) is 5.27. The molecule has 1 aromatic heterocycles. The molecule has 17 heavy (non-hydrogen) atoms. The molecule has 0 bridgehead atoms. The van der Waals surface area contributed by atoms with Gasteiger partial charge in [0.15, 0.2) is 0 Å². The van der Waals surface area contributed by atoms with E-state index in [1.165, 1.54) is 25.7 Å². The van der Waals surface area contributed by atoms with Gasteiger partial charge in [-0.3, -0.25) is 4.90 Å². The lowest BCUT2D eigenvalue weighted by atomic mass is 10.2. The van der Waals surface area contributed by atoms with Gasteiger partial charge in [-0.25, -0.2) is 9.67 Å². The third-order valence-corrected chi connectivity index (χ3v) is 3.91. The minimum Gasteiger partial charge on any atom is -0.292 e. The lowest BCUT2D eigenvalue weighted by Crippen LogP contribution is -2.35. The number of rotatable bonds is 6. The standard InChI is InChI=1S/C12H21BrN4/c1-2-17-12(14-10-15-17)9-16(8-7-13)11-5-3-4-6-11/h10-11H,2-9H2,1H3. The van der Waals surface area contributed by atoms with Crippen molar-refractivity contribution in [1.29, 1.82) is 0 Å². The first-order chi connectivity index (χ1) is 8.35. The Labute approximate surface area is 112 Å². The molecule has 0 amide bonds. The average Bonchev–Trinajstić information content (AvgIpc) is 2.99. The monoisotopic (exact) mass is 300 g/mol. The van der Waals surface area contributed by atoms with Crippen LogP contribution >= 0.6 is 15.9 Å². The topological polar surface area (TPSA) is 34.0 Å². The van der Waals surface area contributed by atoms with Crippen LogP contribution in [0.15, 0.2) is 6.33 Å². The van der Waals surface area contributed by atoms with E-state index in [-0.39, 0.29) is 0 Å². The fourth-order valence-corrected chi connectivity index (χ4v) is 3.08. The van der Waals surface area contributed by atoms with Crippen molar-refractivity contribution in [3.05, 3.63) is 12.2 Å². The molecule has 4 nitrogen and oxygen atoms in total. The third kappa shape index (κ3) is 3.28. The maximum Gasteiger partial charge on any atom is 0.141 e. The highest BCUT2D eigenvalue weighted by atomic mass is 79.9. The van der Waals surface area contributed by atoms with Crippen LogP contribution in [0, 0.1) is 0 Å². The number of hydrogen-bond acceptors (Lipinski definition) is 3. The predicted octanol–water partition coefficient (Wildman–Crippen LogP) is 2.44. The van der Waals surface area contributed by atoms with E-state index in [0.717, 1.165) is 36.8 Å². The van der Waals surface area contributed by atoms with Crippen molar-refractivity contribution in [2.75, 3.05) is 11.9 Å². The van der Waals surface area contributed by atoms with Crippen LogP contribution in [0.1, 0.15) is 38.4 Å². The maximum atomic E-state index is 4.38. The van der Waals surface area contributed by atoms with E-state index in [0.29, 0.717) is 0 Å². The summed E-state index contributed by atoms with van der Waals surface area (Å²) in [5.74, 6) is 1.10. The molecule has 0 radical (unpaired) electrons. The highest BCUT2D eigenvalue weighted by Crippen LogP contribution is 2.24. The molecule has 2 rings (SSSR count). The summed E-state index contributed by atoms with van der Waals surface area (Å²) in [5.41, 5.74) is 0. The molecule has 0 aliphatic heterocycles. The summed E-state index contributed by atoms with van der Waals surface area (Å²) < 4.78 is 2.00. The summed E-state index contributed by atoms with van der Waals surface area (Å²) in [4.78, 5) is 6.93. The second kappa shape index (κ2) is 6.50. The minimum absolute atomic E-state index is 0.745. The van der Waals surface area contributed by atoms with Crippen molar-refractivity contribution >= 4 is 15.9 Å². The highest BCUT2D eigenvalue weighted by molar-refractivity contribution is 9.09. The Morgan fingerprint density at radius 2 is 2.24 bits per heavy atom. The van der Waals surface area contributed by atoms with Crippen molar-refractivity contribution in [1.82, 2.24) is 19.7 Å². The van der Waals surface area contributed by atoms with Gasteiger partial charge in [0.05, 0.1) is 6.54 Å². The van der Waals surface area contributed by atoms with Gasteiger partial charge in [0.1, 0.15) is 12.2 Å². The summed E-state index contributed by atoms with van der Waals surface area (Å²) in [6.45, 7) is 5.05.